The maximum atomic E-state index is 11.0. The number of fused-ring (bicyclic) bond motifs is 3. The smallest absolute Gasteiger partial charge is 0.337 e. The van der Waals surface area contributed by atoms with Gasteiger partial charge in [0.05, 0.1) is 22.8 Å². The van der Waals surface area contributed by atoms with Crippen LogP contribution in [0.15, 0.2) is 42.7 Å². The van der Waals surface area contributed by atoms with E-state index in [2.05, 4.69) is 4.98 Å². The molecule has 0 atom stereocenters. The Balaban J connectivity index is 2.53. The molecule has 3 aromatic rings. The van der Waals surface area contributed by atoms with Crippen LogP contribution in [0.3, 0.4) is 0 Å². The molecule has 0 bridgehead atoms. The highest BCUT2D eigenvalue weighted by Gasteiger charge is 2.10. The lowest BCUT2D eigenvalue weighted by atomic mass is 10.2. The van der Waals surface area contributed by atoms with E-state index in [1.807, 2.05) is 28.8 Å². The molecule has 16 heavy (non-hydrogen) atoms. The van der Waals surface area contributed by atoms with E-state index in [0.29, 0.717) is 5.52 Å². The van der Waals surface area contributed by atoms with Crippen molar-refractivity contribution in [2.75, 3.05) is 0 Å². The number of para-hydroxylation sites is 1. The van der Waals surface area contributed by atoms with Gasteiger partial charge in [-0.25, -0.2) is 4.79 Å². The molecule has 1 N–H and O–H groups in total. The molecule has 0 fully saturated rings. The standard InChI is InChI=1S/C12H8N2O2/c15-12(16)9-4-1-5-10-11(9)13-7-8-3-2-6-14(8)10/h1-7H,(H,15,16). The number of carboxylic acids is 1. The third-order valence-corrected chi connectivity index (χ3v) is 2.61. The minimum atomic E-state index is -0.954. The lowest BCUT2D eigenvalue weighted by Crippen LogP contribution is -2.00. The van der Waals surface area contributed by atoms with Gasteiger partial charge in [-0.15, -0.1) is 0 Å². The lowest BCUT2D eigenvalue weighted by molar-refractivity contribution is 0.0699. The molecule has 2 heterocycles. The summed E-state index contributed by atoms with van der Waals surface area (Å²) in [5.74, 6) is -0.954. The Morgan fingerprint density at radius 1 is 1.25 bits per heavy atom. The van der Waals surface area contributed by atoms with Crippen LogP contribution in [0.1, 0.15) is 10.4 Å². The van der Waals surface area contributed by atoms with Crippen molar-refractivity contribution in [3.63, 3.8) is 0 Å². The van der Waals surface area contributed by atoms with E-state index in [1.54, 1.807) is 18.3 Å². The highest BCUT2D eigenvalue weighted by Crippen LogP contribution is 2.18. The first-order chi connectivity index (χ1) is 7.77. The van der Waals surface area contributed by atoms with Crippen LogP contribution < -0.4 is 0 Å². The van der Waals surface area contributed by atoms with Crippen LogP contribution in [0.25, 0.3) is 16.6 Å². The molecule has 0 aliphatic rings. The minimum Gasteiger partial charge on any atom is -0.478 e. The fourth-order valence-electron chi connectivity index (χ4n) is 1.88. The van der Waals surface area contributed by atoms with Gasteiger partial charge in [-0.1, -0.05) is 6.07 Å². The van der Waals surface area contributed by atoms with Gasteiger partial charge in [-0.3, -0.25) is 4.98 Å². The Hall–Kier alpha value is -2.36. The molecule has 0 spiro atoms. The highest BCUT2D eigenvalue weighted by atomic mass is 16.4. The molecule has 2 aromatic heterocycles. The van der Waals surface area contributed by atoms with Gasteiger partial charge in [-0.2, -0.15) is 0 Å². The molecule has 4 heteroatoms. The first kappa shape index (κ1) is 8.91. The molecule has 0 aliphatic heterocycles. The normalized spacial score (nSPS) is 11.0. The van der Waals surface area contributed by atoms with Gasteiger partial charge in [0.2, 0.25) is 0 Å². The lowest BCUT2D eigenvalue weighted by Gasteiger charge is -2.04. The summed E-state index contributed by atoms with van der Waals surface area (Å²) < 4.78 is 1.93. The van der Waals surface area contributed by atoms with E-state index < -0.39 is 5.97 Å². The van der Waals surface area contributed by atoms with Crippen LogP contribution in [0.2, 0.25) is 0 Å². The number of benzene rings is 1. The van der Waals surface area contributed by atoms with Gasteiger partial charge in [0, 0.05) is 6.20 Å². The van der Waals surface area contributed by atoms with E-state index in [4.69, 9.17) is 5.11 Å². The number of aromatic carboxylic acids is 1. The maximum Gasteiger partial charge on any atom is 0.337 e. The Labute approximate surface area is 90.8 Å². The summed E-state index contributed by atoms with van der Waals surface area (Å²) in [4.78, 5) is 15.2. The molecule has 1 aromatic carbocycles. The van der Waals surface area contributed by atoms with Crippen LogP contribution in [-0.4, -0.2) is 20.5 Å². The summed E-state index contributed by atoms with van der Waals surface area (Å²) in [5.41, 5.74) is 2.50. The summed E-state index contributed by atoms with van der Waals surface area (Å²) in [6.45, 7) is 0. The van der Waals surface area contributed by atoms with Crippen LogP contribution in [0.5, 0.6) is 0 Å². The summed E-state index contributed by atoms with van der Waals surface area (Å²) in [5, 5.41) is 9.06. The molecule has 4 nitrogen and oxygen atoms in total. The van der Waals surface area contributed by atoms with Gasteiger partial charge >= 0.3 is 5.97 Å². The molecule has 0 amide bonds. The van der Waals surface area contributed by atoms with E-state index in [1.165, 1.54) is 0 Å². The second-order valence-corrected chi connectivity index (χ2v) is 3.54. The van der Waals surface area contributed by atoms with E-state index in [0.717, 1.165) is 11.0 Å². The van der Waals surface area contributed by atoms with E-state index >= 15 is 0 Å². The number of carboxylic acid groups (broad SMARTS) is 1. The van der Waals surface area contributed by atoms with Crippen molar-refractivity contribution >= 4 is 22.5 Å². The third-order valence-electron chi connectivity index (χ3n) is 2.61. The van der Waals surface area contributed by atoms with E-state index in [-0.39, 0.29) is 5.56 Å². The second-order valence-electron chi connectivity index (χ2n) is 3.54. The van der Waals surface area contributed by atoms with Crippen molar-refractivity contribution in [1.82, 2.24) is 9.38 Å². The van der Waals surface area contributed by atoms with Crippen molar-refractivity contribution in [2.45, 2.75) is 0 Å². The quantitative estimate of drug-likeness (QED) is 0.672. The molecule has 0 radical (unpaired) electrons. The fourth-order valence-corrected chi connectivity index (χ4v) is 1.88. The molecule has 0 saturated heterocycles. The molecule has 0 unspecified atom stereocenters. The van der Waals surface area contributed by atoms with Gasteiger partial charge in [0.15, 0.2) is 0 Å². The van der Waals surface area contributed by atoms with Crippen LogP contribution in [0.4, 0.5) is 0 Å². The van der Waals surface area contributed by atoms with Gasteiger partial charge in [0.25, 0.3) is 0 Å². The van der Waals surface area contributed by atoms with Crippen LogP contribution >= 0.6 is 0 Å². The average molecular weight is 212 g/mol. The Morgan fingerprint density at radius 2 is 2.12 bits per heavy atom. The van der Waals surface area contributed by atoms with Gasteiger partial charge in [0.1, 0.15) is 5.52 Å². The summed E-state index contributed by atoms with van der Waals surface area (Å²) in [6, 6.07) is 8.99. The zero-order valence-corrected chi connectivity index (χ0v) is 8.29. The fraction of sp³-hybridized carbons (Fsp3) is 0. The predicted molar refractivity (Wildman–Crippen MR) is 59.7 cm³/mol. The SMILES string of the molecule is O=C(O)c1cccc2c1ncc1cccn12. The van der Waals surface area contributed by atoms with Crippen molar-refractivity contribution < 1.29 is 9.90 Å². The van der Waals surface area contributed by atoms with Gasteiger partial charge < -0.3 is 9.51 Å². The summed E-state index contributed by atoms with van der Waals surface area (Å²) in [7, 11) is 0. The first-order valence-electron chi connectivity index (χ1n) is 4.85. The Morgan fingerprint density at radius 3 is 2.94 bits per heavy atom. The number of nitrogens with zero attached hydrogens (tertiary/aromatic N) is 2. The number of aromatic nitrogens is 2. The molecule has 0 saturated carbocycles. The molecular formula is C12H8N2O2. The Kier molecular flexibility index (Phi) is 1.71. The van der Waals surface area contributed by atoms with Crippen molar-refractivity contribution in [3.05, 3.63) is 48.3 Å². The third kappa shape index (κ3) is 1.10. The monoisotopic (exact) mass is 212 g/mol. The molecule has 3 rings (SSSR count). The van der Waals surface area contributed by atoms with Crippen molar-refractivity contribution in [3.8, 4) is 0 Å². The zero-order valence-electron chi connectivity index (χ0n) is 8.29. The topological polar surface area (TPSA) is 54.6 Å². The van der Waals surface area contributed by atoms with Gasteiger partial charge in [-0.05, 0) is 24.3 Å². The number of carbonyl (C=O) groups is 1. The molecular weight excluding hydrogens is 204 g/mol. The molecule has 0 aliphatic carbocycles. The average Bonchev–Trinajstić information content (AvgIpc) is 2.76. The first-order valence-corrected chi connectivity index (χ1v) is 4.85. The summed E-state index contributed by atoms with van der Waals surface area (Å²) in [6.07, 6.45) is 3.57. The number of hydrogen-bond acceptors (Lipinski definition) is 2. The second kappa shape index (κ2) is 3.06. The van der Waals surface area contributed by atoms with E-state index in [9.17, 15) is 4.79 Å². The predicted octanol–water partition coefficient (Wildman–Crippen LogP) is 2.19. The van der Waals surface area contributed by atoms with Crippen molar-refractivity contribution in [2.24, 2.45) is 0 Å². The zero-order chi connectivity index (χ0) is 11.1. The van der Waals surface area contributed by atoms with Crippen LogP contribution in [0, 0.1) is 0 Å². The highest BCUT2D eigenvalue weighted by molar-refractivity contribution is 6.01. The minimum absolute atomic E-state index is 0.230. The largest absolute Gasteiger partial charge is 0.478 e. The summed E-state index contributed by atoms with van der Waals surface area (Å²) >= 11 is 0. The van der Waals surface area contributed by atoms with Crippen molar-refractivity contribution in [1.29, 1.82) is 0 Å². The maximum absolute atomic E-state index is 11.0. The molecule has 78 valence electrons. The number of rotatable bonds is 1. The van der Waals surface area contributed by atoms with Crippen LogP contribution in [-0.2, 0) is 0 Å². The number of hydrogen-bond donors (Lipinski definition) is 1. The Bertz CT molecular complexity index is 700.